The van der Waals surface area contributed by atoms with Gasteiger partial charge in [0, 0.05) is 12.1 Å². The molecule has 0 saturated carbocycles. The smallest absolute Gasteiger partial charge is 0.315 e. The summed E-state index contributed by atoms with van der Waals surface area (Å²) in [5.74, 6) is -0.182. The van der Waals surface area contributed by atoms with Crippen LogP contribution < -0.4 is 10.6 Å². The van der Waals surface area contributed by atoms with Crippen LogP contribution in [-0.2, 0) is 0 Å². The van der Waals surface area contributed by atoms with Gasteiger partial charge in [-0.1, -0.05) is 30.7 Å². The van der Waals surface area contributed by atoms with Crippen LogP contribution in [0.2, 0.25) is 19.6 Å². The standard InChI is InChI=1S/C21H21F3N4O2Si/c1-31(2,3)11-8-13-4-7-17(16(23)12-13)26-19-14(5-6-15(22)18(19)24)20-27-28-21(30-20)25-9-10-29/h4-7,12,26,29H,9-10H2,1-3H3,(H,25,28). The predicted octanol–water partition coefficient (Wildman–Crippen LogP) is 4.53. The molecule has 0 atom stereocenters. The lowest BCUT2D eigenvalue weighted by atomic mass is 10.1. The zero-order chi connectivity index (χ0) is 22.6. The molecule has 1 heterocycles. The lowest BCUT2D eigenvalue weighted by molar-refractivity contribution is 0.309. The third-order valence-electron chi connectivity index (χ3n) is 3.95. The topological polar surface area (TPSA) is 83.2 Å². The van der Waals surface area contributed by atoms with Crippen LogP contribution >= 0.6 is 0 Å². The summed E-state index contributed by atoms with van der Waals surface area (Å²) in [6.07, 6.45) is 0. The van der Waals surface area contributed by atoms with Gasteiger partial charge in [-0.25, -0.2) is 13.2 Å². The van der Waals surface area contributed by atoms with Gasteiger partial charge in [-0.2, -0.15) is 0 Å². The van der Waals surface area contributed by atoms with E-state index in [0.29, 0.717) is 5.56 Å². The third kappa shape index (κ3) is 5.65. The van der Waals surface area contributed by atoms with Crippen molar-refractivity contribution in [1.29, 1.82) is 0 Å². The first-order valence-electron chi connectivity index (χ1n) is 9.44. The number of hydrogen-bond donors (Lipinski definition) is 3. The number of aliphatic hydroxyl groups is 1. The number of nitrogens with one attached hydrogen (secondary N) is 2. The average molecular weight is 447 g/mol. The summed E-state index contributed by atoms with van der Waals surface area (Å²) in [6.45, 7) is 6.23. The quantitative estimate of drug-likeness (QED) is 0.381. The Morgan fingerprint density at radius 2 is 1.84 bits per heavy atom. The Hall–Kier alpha value is -3.29. The molecule has 0 aliphatic rings. The van der Waals surface area contributed by atoms with Crippen LogP contribution in [0.1, 0.15) is 5.56 Å². The van der Waals surface area contributed by atoms with Crippen LogP contribution in [0.3, 0.4) is 0 Å². The molecule has 3 rings (SSSR count). The van der Waals surface area contributed by atoms with E-state index in [1.54, 1.807) is 6.07 Å². The molecular weight excluding hydrogens is 425 g/mol. The van der Waals surface area contributed by atoms with Crippen LogP contribution in [0.15, 0.2) is 34.7 Å². The number of benzene rings is 2. The third-order valence-corrected chi connectivity index (χ3v) is 4.82. The van der Waals surface area contributed by atoms with Crippen molar-refractivity contribution in [2.24, 2.45) is 0 Å². The summed E-state index contributed by atoms with van der Waals surface area (Å²) in [5, 5.41) is 21.6. The largest absolute Gasteiger partial charge is 0.403 e. The Bertz CT molecular complexity index is 1150. The van der Waals surface area contributed by atoms with E-state index in [4.69, 9.17) is 9.52 Å². The lowest BCUT2D eigenvalue weighted by Crippen LogP contribution is -2.16. The van der Waals surface area contributed by atoms with E-state index in [0.717, 1.165) is 6.07 Å². The molecule has 0 aliphatic heterocycles. The number of aromatic nitrogens is 2. The Kier molecular flexibility index (Phi) is 6.67. The van der Waals surface area contributed by atoms with E-state index in [9.17, 15) is 13.2 Å². The van der Waals surface area contributed by atoms with Gasteiger partial charge >= 0.3 is 6.01 Å². The summed E-state index contributed by atoms with van der Waals surface area (Å²) in [6, 6.07) is 6.38. The molecule has 0 radical (unpaired) electrons. The SMILES string of the molecule is C[Si](C)(C)C#Cc1ccc(Nc2c(-c3nnc(NCCO)o3)ccc(F)c2F)c(F)c1. The van der Waals surface area contributed by atoms with Crippen LogP contribution in [0.25, 0.3) is 11.5 Å². The zero-order valence-corrected chi connectivity index (χ0v) is 18.2. The zero-order valence-electron chi connectivity index (χ0n) is 17.2. The van der Waals surface area contributed by atoms with Gasteiger partial charge in [0.2, 0.25) is 0 Å². The monoisotopic (exact) mass is 446 g/mol. The van der Waals surface area contributed by atoms with E-state index in [-0.39, 0.29) is 42.0 Å². The summed E-state index contributed by atoms with van der Waals surface area (Å²) in [4.78, 5) is 0. The Balaban J connectivity index is 1.95. The number of anilines is 3. The molecule has 0 fully saturated rings. The molecular formula is C21H21F3N4O2Si. The van der Waals surface area contributed by atoms with E-state index >= 15 is 0 Å². The van der Waals surface area contributed by atoms with E-state index < -0.39 is 25.5 Å². The van der Waals surface area contributed by atoms with Crippen molar-refractivity contribution in [2.45, 2.75) is 19.6 Å². The highest BCUT2D eigenvalue weighted by Gasteiger charge is 2.20. The van der Waals surface area contributed by atoms with Gasteiger partial charge in [0.15, 0.2) is 11.6 Å². The van der Waals surface area contributed by atoms with Gasteiger partial charge in [0.1, 0.15) is 13.9 Å². The molecule has 3 N–H and O–H groups in total. The van der Waals surface area contributed by atoms with Crippen molar-refractivity contribution < 1.29 is 22.7 Å². The molecule has 10 heteroatoms. The highest BCUT2D eigenvalue weighted by Crippen LogP contribution is 2.34. The first-order valence-corrected chi connectivity index (χ1v) is 12.9. The molecule has 0 bridgehead atoms. The van der Waals surface area contributed by atoms with Crippen LogP contribution in [-0.4, -0.2) is 36.5 Å². The van der Waals surface area contributed by atoms with Crippen molar-refractivity contribution in [2.75, 3.05) is 23.8 Å². The van der Waals surface area contributed by atoms with Crippen LogP contribution in [0.5, 0.6) is 0 Å². The first kappa shape index (κ1) is 22.4. The highest BCUT2D eigenvalue weighted by atomic mass is 28.3. The number of rotatable bonds is 6. The summed E-state index contributed by atoms with van der Waals surface area (Å²) in [7, 11) is -1.63. The van der Waals surface area contributed by atoms with Gasteiger partial charge in [0.25, 0.3) is 5.89 Å². The molecule has 0 amide bonds. The van der Waals surface area contributed by atoms with E-state index in [1.165, 1.54) is 18.2 Å². The van der Waals surface area contributed by atoms with Gasteiger partial charge in [-0.15, -0.1) is 10.6 Å². The van der Waals surface area contributed by atoms with Crippen molar-refractivity contribution in [3.05, 3.63) is 53.3 Å². The Morgan fingerprint density at radius 3 is 2.52 bits per heavy atom. The van der Waals surface area contributed by atoms with Gasteiger partial charge in [-0.3, -0.25) is 0 Å². The maximum absolute atomic E-state index is 14.6. The second-order valence-electron chi connectivity index (χ2n) is 7.67. The molecule has 3 aromatic rings. The fraction of sp³-hybridized carbons (Fsp3) is 0.238. The van der Waals surface area contributed by atoms with Crippen molar-refractivity contribution in [3.63, 3.8) is 0 Å². The van der Waals surface area contributed by atoms with Gasteiger partial charge in [-0.05, 0) is 30.3 Å². The van der Waals surface area contributed by atoms with Crippen molar-refractivity contribution in [1.82, 2.24) is 10.2 Å². The molecule has 0 saturated heterocycles. The summed E-state index contributed by atoms with van der Waals surface area (Å²) in [5.41, 5.74) is 3.26. The van der Waals surface area contributed by atoms with E-state index in [1.807, 2.05) is 0 Å². The molecule has 0 aliphatic carbocycles. The molecule has 0 spiro atoms. The Morgan fingerprint density at radius 1 is 1.06 bits per heavy atom. The maximum Gasteiger partial charge on any atom is 0.315 e. The predicted molar refractivity (Wildman–Crippen MR) is 115 cm³/mol. The fourth-order valence-corrected chi connectivity index (χ4v) is 3.03. The number of halogens is 3. The van der Waals surface area contributed by atoms with E-state index in [2.05, 4.69) is 51.9 Å². The molecule has 1 aromatic heterocycles. The van der Waals surface area contributed by atoms with Crippen molar-refractivity contribution >= 4 is 25.5 Å². The second kappa shape index (κ2) is 9.24. The highest BCUT2D eigenvalue weighted by molar-refractivity contribution is 6.83. The van der Waals surface area contributed by atoms with Crippen LogP contribution in [0, 0.1) is 28.9 Å². The maximum atomic E-state index is 14.6. The summed E-state index contributed by atoms with van der Waals surface area (Å²) < 4.78 is 48.5. The second-order valence-corrected chi connectivity index (χ2v) is 12.4. The minimum Gasteiger partial charge on any atom is -0.403 e. The van der Waals surface area contributed by atoms with Gasteiger partial charge in [0.05, 0.1) is 23.5 Å². The first-order chi connectivity index (χ1) is 14.7. The molecule has 162 valence electrons. The normalized spacial score (nSPS) is 11.1. The van der Waals surface area contributed by atoms with Crippen molar-refractivity contribution in [3.8, 4) is 22.9 Å². The molecule has 2 aromatic carbocycles. The number of nitrogens with zero attached hydrogens (tertiary/aromatic N) is 2. The summed E-state index contributed by atoms with van der Waals surface area (Å²) >= 11 is 0. The minimum absolute atomic E-state index is 0.00348. The molecule has 6 nitrogen and oxygen atoms in total. The number of aliphatic hydroxyl groups excluding tert-OH is 1. The van der Waals surface area contributed by atoms with Gasteiger partial charge < -0.3 is 20.2 Å². The fourth-order valence-electron chi connectivity index (χ4n) is 2.51. The number of hydrogen-bond acceptors (Lipinski definition) is 6. The lowest BCUT2D eigenvalue weighted by Gasteiger charge is -2.12. The van der Waals surface area contributed by atoms with Crippen LogP contribution in [0.4, 0.5) is 30.6 Å². The Labute approximate surface area is 178 Å². The molecule has 31 heavy (non-hydrogen) atoms. The molecule has 0 unspecified atom stereocenters. The average Bonchev–Trinajstić information content (AvgIpc) is 3.18. The minimum atomic E-state index is -1.63.